The van der Waals surface area contributed by atoms with E-state index in [9.17, 15) is 9.59 Å². The third-order valence-electron chi connectivity index (χ3n) is 3.77. The van der Waals surface area contributed by atoms with Crippen molar-refractivity contribution in [3.05, 3.63) is 88.9 Å². The van der Waals surface area contributed by atoms with E-state index >= 15 is 0 Å². The van der Waals surface area contributed by atoms with Crippen molar-refractivity contribution in [2.75, 3.05) is 6.61 Å². The van der Waals surface area contributed by atoms with Gasteiger partial charge < -0.3 is 4.74 Å². The number of ether oxygens (including phenoxy) is 1. The molecule has 0 spiro atoms. The largest absolute Gasteiger partial charge is 0.458 e. The summed E-state index contributed by atoms with van der Waals surface area (Å²) in [5, 5.41) is 11.2. The van der Waals surface area contributed by atoms with Crippen LogP contribution in [0.5, 0.6) is 0 Å². The number of para-hydroxylation sites is 1. The third-order valence-corrected chi connectivity index (χ3v) is 3.77. The highest BCUT2D eigenvalue weighted by atomic mass is 16.5. The molecule has 0 bridgehead atoms. The fraction of sp³-hybridized carbons (Fsp3) is 0.100. The van der Waals surface area contributed by atoms with E-state index in [4.69, 9.17) is 4.74 Å². The molecule has 0 fully saturated rings. The van der Waals surface area contributed by atoms with E-state index in [-0.39, 0.29) is 23.4 Å². The van der Waals surface area contributed by atoms with Gasteiger partial charge in [-0.1, -0.05) is 43.0 Å². The molecule has 7 heteroatoms. The lowest BCUT2D eigenvalue weighted by atomic mass is 10.2. The number of nitrogens with zero attached hydrogens (tertiary/aromatic N) is 3. The van der Waals surface area contributed by atoms with Gasteiger partial charge in [-0.05, 0) is 31.2 Å². The topological polar surface area (TPSA) is 88.8 Å². The molecule has 7 nitrogen and oxygen atoms in total. The number of H-pyrrole nitrogens is 1. The van der Waals surface area contributed by atoms with Crippen LogP contribution in [0.2, 0.25) is 0 Å². The smallest absolute Gasteiger partial charge is 0.340 e. The molecular weight excluding hydrogens is 344 g/mol. The number of aromatic amines is 1. The van der Waals surface area contributed by atoms with Gasteiger partial charge in [-0.3, -0.25) is 9.89 Å². The van der Waals surface area contributed by atoms with Crippen molar-refractivity contribution < 1.29 is 9.53 Å². The number of benzene rings is 2. The standard InChI is InChI=1S/C20H18N4O3/c1-3-13-27-20(26)16-11-7-8-12-17(16)21-22-18-14(2)23-24(19(18)25)15-9-5-4-6-10-15/h3-12,23H,1,13H2,2H3/b22-21+. The summed E-state index contributed by atoms with van der Waals surface area (Å²) in [6, 6.07) is 15.8. The van der Waals surface area contributed by atoms with Crippen molar-refractivity contribution in [1.82, 2.24) is 9.78 Å². The lowest BCUT2D eigenvalue weighted by molar-refractivity contribution is 0.0550. The summed E-state index contributed by atoms with van der Waals surface area (Å²) in [4.78, 5) is 24.8. The molecule has 0 radical (unpaired) electrons. The van der Waals surface area contributed by atoms with E-state index in [1.54, 1.807) is 31.2 Å². The average molecular weight is 362 g/mol. The number of nitrogens with one attached hydrogen (secondary N) is 1. The summed E-state index contributed by atoms with van der Waals surface area (Å²) in [6.07, 6.45) is 1.48. The third kappa shape index (κ3) is 3.92. The van der Waals surface area contributed by atoms with Gasteiger partial charge in [-0.25, -0.2) is 9.48 Å². The van der Waals surface area contributed by atoms with Crippen LogP contribution in [-0.4, -0.2) is 22.4 Å². The Labute approximate surface area is 155 Å². The second-order valence-corrected chi connectivity index (χ2v) is 5.67. The highest BCUT2D eigenvalue weighted by Gasteiger charge is 2.14. The molecule has 0 unspecified atom stereocenters. The van der Waals surface area contributed by atoms with E-state index in [1.807, 2.05) is 30.3 Å². The summed E-state index contributed by atoms with van der Waals surface area (Å²) in [5.74, 6) is -0.531. The van der Waals surface area contributed by atoms with Crippen molar-refractivity contribution in [1.29, 1.82) is 0 Å². The summed E-state index contributed by atoms with van der Waals surface area (Å²) in [5.41, 5.74) is 1.69. The molecule has 3 aromatic rings. The molecule has 136 valence electrons. The van der Waals surface area contributed by atoms with Crippen LogP contribution in [0.4, 0.5) is 11.4 Å². The lowest BCUT2D eigenvalue weighted by Crippen LogP contribution is -2.13. The summed E-state index contributed by atoms with van der Waals surface area (Å²) in [6.45, 7) is 5.35. The minimum Gasteiger partial charge on any atom is -0.458 e. The number of azo groups is 1. The minimum absolute atomic E-state index is 0.100. The van der Waals surface area contributed by atoms with Gasteiger partial charge in [0.25, 0.3) is 5.56 Å². The molecule has 0 aliphatic rings. The van der Waals surface area contributed by atoms with Crippen LogP contribution < -0.4 is 5.56 Å². The monoisotopic (exact) mass is 362 g/mol. The van der Waals surface area contributed by atoms with Crippen molar-refractivity contribution in [2.24, 2.45) is 10.2 Å². The highest BCUT2D eigenvalue weighted by molar-refractivity contribution is 5.94. The van der Waals surface area contributed by atoms with Crippen LogP contribution in [-0.2, 0) is 4.74 Å². The predicted molar refractivity (Wildman–Crippen MR) is 102 cm³/mol. The lowest BCUT2D eigenvalue weighted by Gasteiger charge is -2.03. The van der Waals surface area contributed by atoms with Crippen molar-refractivity contribution in [3.63, 3.8) is 0 Å². The molecule has 2 aromatic carbocycles. The molecule has 3 rings (SSSR count). The molecular formula is C20H18N4O3. The van der Waals surface area contributed by atoms with Gasteiger partial charge in [-0.2, -0.15) is 0 Å². The summed E-state index contributed by atoms with van der Waals surface area (Å²) < 4.78 is 6.45. The molecule has 0 saturated carbocycles. The van der Waals surface area contributed by atoms with Crippen LogP contribution in [0, 0.1) is 6.92 Å². The van der Waals surface area contributed by atoms with Gasteiger partial charge in [0.1, 0.15) is 12.3 Å². The van der Waals surface area contributed by atoms with E-state index in [0.29, 0.717) is 17.1 Å². The van der Waals surface area contributed by atoms with Crippen LogP contribution in [0.25, 0.3) is 5.69 Å². The minimum atomic E-state index is -0.531. The molecule has 0 saturated heterocycles. The Balaban J connectivity index is 1.94. The zero-order valence-corrected chi connectivity index (χ0v) is 14.8. The SMILES string of the molecule is C=CCOC(=O)c1ccccc1/N=N/c1c(C)[nH]n(-c2ccccc2)c1=O. The number of carbonyl (C=O) groups excluding carboxylic acids is 1. The molecule has 0 aliphatic carbocycles. The Morgan fingerprint density at radius 1 is 1.15 bits per heavy atom. The van der Waals surface area contributed by atoms with Gasteiger partial charge in [0.05, 0.1) is 16.9 Å². The highest BCUT2D eigenvalue weighted by Crippen LogP contribution is 2.23. The molecule has 1 aromatic heterocycles. The maximum atomic E-state index is 12.6. The van der Waals surface area contributed by atoms with Crippen LogP contribution in [0.15, 0.2) is 82.3 Å². The normalized spacial score (nSPS) is 10.9. The molecule has 0 aliphatic heterocycles. The Morgan fingerprint density at radius 3 is 2.59 bits per heavy atom. The fourth-order valence-corrected chi connectivity index (χ4v) is 2.46. The second-order valence-electron chi connectivity index (χ2n) is 5.67. The van der Waals surface area contributed by atoms with Gasteiger partial charge in [-0.15, -0.1) is 10.2 Å². The van der Waals surface area contributed by atoms with Crippen molar-refractivity contribution in [3.8, 4) is 5.69 Å². The number of rotatable bonds is 6. The Morgan fingerprint density at radius 2 is 1.85 bits per heavy atom. The van der Waals surface area contributed by atoms with E-state index in [2.05, 4.69) is 21.9 Å². The first kappa shape index (κ1) is 18.1. The van der Waals surface area contributed by atoms with E-state index in [0.717, 1.165) is 0 Å². The van der Waals surface area contributed by atoms with Crippen LogP contribution >= 0.6 is 0 Å². The summed E-state index contributed by atoms with van der Waals surface area (Å²) in [7, 11) is 0. The number of hydrogen-bond acceptors (Lipinski definition) is 5. The Kier molecular flexibility index (Phi) is 5.41. The quantitative estimate of drug-likeness (QED) is 0.404. The number of aryl methyl sites for hydroxylation is 1. The zero-order chi connectivity index (χ0) is 19.2. The van der Waals surface area contributed by atoms with E-state index < -0.39 is 5.97 Å². The predicted octanol–water partition coefficient (Wildman–Crippen LogP) is 4.23. The first-order chi connectivity index (χ1) is 13.1. The number of aromatic nitrogens is 2. The number of hydrogen-bond donors (Lipinski definition) is 1. The molecule has 0 atom stereocenters. The van der Waals surface area contributed by atoms with E-state index in [1.165, 1.54) is 10.8 Å². The van der Waals surface area contributed by atoms with Crippen LogP contribution in [0.3, 0.4) is 0 Å². The van der Waals surface area contributed by atoms with Crippen molar-refractivity contribution in [2.45, 2.75) is 6.92 Å². The van der Waals surface area contributed by atoms with Crippen LogP contribution in [0.1, 0.15) is 16.1 Å². The Bertz CT molecular complexity index is 1050. The summed E-state index contributed by atoms with van der Waals surface area (Å²) >= 11 is 0. The molecule has 0 amide bonds. The Hall–Kier alpha value is -3.74. The first-order valence-corrected chi connectivity index (χ1v) is 8.27. The maximum absolute atomic E-state index is 12.6. The number of esters is 1. The fourth-order valence-electron chi connectivity index (χ4n) is 2.46. The van der Waals surface area contributed by atoms with Gasteiger partial charge in [0.2, 0.25) is 0 Å². The van der Waals surface area contributed by atoms with Gasteiger partial charge in [0.15, 0.2) is 5.69 Å². The van der Waals surface area contributed by atoms with Crippen molar-refractivity contribution >= 4 is 17.3 Å². The molecule has 27 heavy (non-hydrogen) atoms. The van der Waals surface area contributed by atoms with Gasteiger partial charge >= 0.3 is 5.97 Å². The molecule has 1 heterocycles. The molecule has 1 N–H and O–H groups in total. The average Bonchev–Trinajstić information content (AvgIpc) is 2.99. The van der Waals surface area contributed by atoms with Gasteiger partial charge in [0, 0.05) is 0 Å². The second kappa shape index (κ2) is 8.09. The first-order valence-electron chi connectivity index (χ1n) is 8.27. The zero-order valence-electron chi connectivity index (χ0n) is 14.8. The maximum Gasteiger partial charge on any atom is 0.340 e. The number of carbonyl (C=O) groups is 1.